The summed E-state index contributed by atoms with van der Waals surface area (Å²) in [7, 11) is 0. The van der Waals surface area contributed by atoms with Crippen LogP contribution < -0.4 is 0 Å². The minimum atomic E-state index is 0.0807. The van der Waals surface area contributed by atoms with Crippen LogP contribution in [0.4, 0.5) is 0 Å². The van der Waals surface area contributed by atoms with Gasteiger partial charge in [0.1, 0.15) is 0 Å². The Hall–Kier alpha value is -2.49. The molecule has 140 valence electrons. The van der Waals surface area contributed by atoms with Gasteiger partial charge in [0.25, 0.3) is 0 Å². The summed E-state index contributed by atoms with van der Waals surface area (Å²) in [5.74, 6) is 0.393. The van der Waals surface area contributed by atoms with Crippen LogP contribution in [-0.2, 0) is 0 Å². The van der Waals surface area contributed by atoms with Gasteiger partial charge in [0.15, 0.2) is 16.1 Å². The van der Waals surface area contributed by atoms with E-state index in [1.807, 2.05) is 46.4 Å². The number of carbonyl (C=O) groups is 1. The zero-order chi connectivity index (χ0) is 19.3. The molecule has 0 unspecified atom stereocenters. The fourth-order valence-corrected chi connectivity index (χ4v) is 5.92. The molecular weight excluding hydrogens is 410 g/mol. The van der Waals surface area contributed by atoms with E-state index < -0.39 is 0 Å². The number of rotatable bonds is 5. The summed E-state index contributed by atoms with van der Waals surface area (Å²) in [5, 5.41) is 12.1. The molecule has 0 aliphatic rings. The van der Waals surface area contributed by atoms with Gasteiger partial charge in [-0.15, -0.1) is 21.5 Å². The van der Waals surface area contributed by atoms with E-state index in [9.17, 15) is 4.79 Å². The van der Waals surface area contributed by atoms with Crippen LogP contribution in [0.3, 0.4) is 0 Å². The van der Waals surface area contributed by atoms with E-state index in [0.29, 0.717) is 5.75 Å². The fraction of sp³-hybridized carbons (Fsp3) is 0.158. The number of benzene rings is 1. The number of aryl methyl sites for hydroxylation is 1. The average Bonchev–Trinajstić information content (AvgIpc) is 3.44. The average molecular weight is 426 g/mol. The fourth-order valence-electron chi connectivity index (χ4n) is 3.32. The van der Waals surface area contributed by atoms with E-state index in [1.54, 1.807) is 28.9 Å². The molecule has 5 aromatic rings. The second kappa shape index (κ2) is 6.84. The largest absolute Gasteiger partial charge is 0.294 e. The topological polar surface area (TPSA) is 65.1 Å². The third kappa shape index (κ3) is 2.78. The first kappa shape index (κ1) is 17.6. The predicted octanol–water partition coefficient (Wildman–Crippen LogP) is 4.78. The number of thioether (sulfide) groups is 1. The molecule has 5 rings (SSSR count). The van der Waals surface area contributed by atoms with E-state index in [4.69, 9.17) is 0 Å². The summed E-state index contributed by atoms with van der Waals surface area (Å²) in [6, 6.07) is 10.1. The van der Waals surface area contributed by atoms with Gasteiger partial charge in [-0.25, -0.2) is 4.98 Å². The number of Topliss-reactive ketones (excluding diaryl/α,β-unsaturated/α-hetero) is 1. The predicted molar refractivity (Wildman–Crippen MR) is 114 cm³/mol. The van der Waals surface area contributed by atoms with Crippen molar-refractivity contribution in [1.29, 1.82) is 0 Å². The number of aromatic nitrogens is 5. The molecule has 1 aromatic carbocycles. The number of fused-ring (bicyclic) bond motifs is 3. The van der Waals surface area contributed by atoms with E-state index in [1.165, 1.54) is 11.8 Å². The van der Waals surface area contributed by atoms with E-state index in [0.717, 1.165) is 42.4 Å². The maximum Gasteiger partial charge on any atom is 0.217 e. The van der Waals surface area contributed by atoms with Crippen molar-refractivity contribution in [2.24, 2.45) is 0 Å². The molecule has 0 saturated heterocycles. The Bertz CT molecular complexity index is 1310. The van der Waals surface area contributed by atoms with E-state index >= 15 is 0 Å². The first-order valence-corrected chi connectivity index (χ1v) is 11.3. The highest BCUT2D eigenvalue weighted by molar-refractivity contribution is 7.99. The molecule has 0 aliphatic carbocycles. The third-order valence-corrected chi connectivity index (χ3v) is 7.28. The summed E-state index contributed by atoms with van der Waals surface area (Å²) >= 11 is 4.58. The van der Waals surface area contributed by atoms with Crippen molar-refractivity contribution in [3.8, 4) is 5.13 Å². The van der Waals surface area contributed by atoms with Crippen LogP contribution in [0.2, 0.25) is 0 Å². The molecule has 0 fully saturated rings. The molecule has 0 amide bonds. The first-order chi connectivity index (χ1) is 13.6. The van der Waals surface area contributed by atoms with Crippen LogP contribution in [0.5, 0.6) is 0 Å². The van der Waals surface area contributed by atoms with Crippen molar-refractivity contribution in [1.82, 2.24) is 24.1 Å². The van der Waals surface area contributed by atoms with E-state index in [2.05, 4.69) is 27.3 Å². The summed E-state index contributed by atoms with van der Waals surface area (Å²) in [6.07, 6.45) is 1.78. The number of para-hydroxylation sites is 1. The molecule has 4 heterocycles. The van der Waals surface area contributed by atoms with Gasteiger partial charge in [-0.2, -0.15) is 0 Å². The molecule has 4 aromatic heterocycles. The lowest BCUT2D eigenvalue weighted by Gasteiger charge is -2.05. The van der Waals surface area contributed by atoms with E-state index in [-0.39, 0.29) is 5.78 Å². The number of thiazole rings is 2. The van der Waals surface area contributed by atoms with Crippen LogP contribution in [-0.4, -0.2) is 35.7 Å². The number of carbonyl (C=O) groups excluding carboxylic acids is 1. The van der Waals surface area contributed by atoms with Crippen LogP contribution in [0.1, 0.15) is 21.7 Å². The van der Waals surface area contributed by atoms with Gasteiger partial charge in [-0.05, 0) is 32.0 Å². The molecule has 28 heavy (non-hydrogen) atoms. The Kier molecular flexibility index (Phi) is 4.30. The van der Waals surface area contributed by atoms with Crippen molar-refractivity contribution in [2.45, 2.75) is 19.0 Å². The lowest BCUT2D eigenvalue weighted by molar-refractivity contribution is 0.102. The van der Waals surface area contributed by atoms with Gasteiger partial charge in [-0.3, -0.25) is 13.8 Å². The quantitative estimate of drug-likeness (QED) is 0.299. The van der Waals surface area contributed by atoms with Gasteiger partial charge in [0.05, 0.1) is 16.0 Å². The minimum absolute atomic E-state index is 0.0807. The number of hydrogen-bond acceptors (Lipinski definition) is 7. The van der Waals surface area contributed by atoms with Gasteiger partial charge in [-0.1, -0.05) is 35.2 Å². The lowest BCUT2D eigenvalue weighted by atomic mass is 10.2. The van der Waals surface area contributed by atoms with Gasteiger partial charge in [0.2, 0.25) is 4.96 Å². The summed E-state index contributed by atoms with van der Waals surface area (Å²) in [6.45, 7) is 3.96. The molecule has 9 heteroatoms. The smallest absolute Gasteiger partial charge is 0.217 e. The van der Waals surface area contributed by atoms with Crippen LogP contribution in [0, 0.1) is 13.8 Å². The van der Waals surface area contributed by atoms with Gasteiger partial charge >= 0.3 is 0 Å². The summed E-state index contributed by atoms with van der Waals surface area (Å²) in [5.41, 5.74) is 3.74. The van der Waals surface area contributed by atoms with Crippen LogP contribution >= 0.6 is 34.4 Å². The number of ketones is 1. The minimum Gasteiger partial charge on any atom is -0.294 e. The Morgan fingerprint density at radius 1 is 1.21 bits per heavy atom. The molecule has 0 saturated carbocycles. The van der Waals surface area contributed by atoms with Crippen LogP contribution in [0.25, 0.3) is 20.3 Å². The Morgan fingerprint density at radius 2 is 2.07 bits per heavy atom. The molecule has 6 nitrogen and oxygen atoms in total. The normalized spacial score (nSPS) is 11.6. The molecule has 0 bridgehead atoms. The molecule has 0 atom stereocenters. The highest BCUT2D eigenvalue weighted by atomic mass is 32.2. The Balaban J connectivity index is 1.43. The monoisotopic (exact) mass is 425 g/mol. The molecule has 0 N–H and O–H groups in total. The second-order valence-electron chi connectivity index (χ2n) is 6.32. The number of nitrogens with zero attached hydrogens (tertiary/aromatic N) is 5. The number of hydrogen-bond donors (Lipinski definition) is 0. The van der Waals surface area contributed by atoms with Crippen LogP contribution in [0.15, 0.2) is 47.1 Å². The zero-order valence-electron chi connectivity index (χ0n) is 15.1. The summed E-state index contributed by atoms with van der Waals surface area (Å²) < 4.78 is 5.22. The van der Waals surface area contributed by atoms with Gasteiger partial charge < -0.3 is 0 Å². The third-order valence-electron chi connectivity index (χ3n) is 4.59. The van der Waals surface area contributed by atoms with Crippen molar-refractivity contribution in [3.63, 3.8) is 0 Å². The lowest BCUT2D eigenvalue weighted by Crippen LogP contribution is -2.06. The van der Waals surface area contributed by atoms with Crippen molar-refractivity contribution < 1.29 is 4.79 Å². The molecule has 0 aliphatic heterocycles. The second-order valence-corrected chi connectivity index (χ2v) is 9.14. The standard InChI is InChI=1S/C19H15N5OS3/c1-11-9-13(12(2)23(11)17-20-7-8-26-17)15(25)10-27-18-21-22-19-24(18)14-5-3-4-6-16(14)28-19/h3-9H,10H2,1-2H3. The molecule has 0 spiro atoms. The SMILES string of the molecule is Cc1cc(C(=O)CSc2nnc3sc4ccccc4n23)c(C)n1-c1nccs1. The highest BCUT2D eigenvalue weighted by Crippen LogP contribution is 2.30. The Morgan fingerprint density at radius 3 is 2.89 bits per heavy atom. The van der Waals surface area contributed by atoms with Gasteiger partial charge in [0, 0.05) is 28.5 Å². The zero-order valence-corrected chi connectivity index (χ0v) is 17.6. The molecular formula is C19H15N5OS3. The highest BCUT2D eigenvalue weighted by Gasteiger charge is 2.19. The van der Waals surface area contributed by atoms with Crippen molar-refractivity contribution >= 4 is 55.4 Å². The first-order valence-electron chi connectivity index (χ1n) is 8.61. The molecule has 0 radical (unpaired) electrons. The maximum absolute atomic E-state index is 12.9. The van der Waals surface area contributed by atoms with Crippen molar-refractivity contribution in [2.75, 3.05) is 5.75 Å². The maximum atomic E-state index is 12.9. The van der Waals surface area contributed by atoms with Crippen molar-refractivity contribution in [3.05, 3.63) is 58.9 Å². The Labute approximate surface area is 172 Å². The summed E-state index contributed by atoms with van der Waals surface area (Å²) in [4.78, 5) is 18.1.